The highest BCUT2D eigenvalue weighted by Gasteiger charge is 2.13. The lowest BCUT2D eigenvalue weighted by Crippen LogP contribution is -2.26. The van der Waals surface area contributed by atoms with E-state index in [1.165, 1.54) is 16.7 Å². The fourth-order valence-corrected chi connectivity index (χ4v) is 4.03. The number of nitrogens with zero attached hydrogens (tertiary/aromatic N) is 1. The van der Waals surface area contributed by atoms with Crippen LogP contribution in [-0.4, -0.2) is 48.9 Å². The number of thioether (sulfide) groups is 2. The highest BCUT2D eigenvalue weighted by molar-refractivity contribution is 8.00. The van der Waals surface area contributed by atoms with Gasteiger partial charge in [0.1, 0.15) is 0 Å². The van der Waals surface area contributed by atoms with E-state index in [4.69, 9.17) is 0 Å². The Bertz CT molecular complexity index is 721. The van der Waals surface area contributed by atoms with Crippen LogP contribution >= 0.6 is 23.5 Å². The molecule has 0 aliphatic rings. The first kappa shape index (κ1) is 20.4. The number of hydrogen-bond donors (Lipinski definition) is 1. The Balaban J connectivity index is 1.78. The first-order valence-corrected chi connectivity index (χ1v) is 10.4. The molecule has 0 unspecified atom stereocenters. The Morgan fingerprint density at radius 3 is 2.38 bits per heavy atom. The van der Waals surface area contributed by atoms with Crippen molar-refractivity contribution in [2.24, 2.45) is 0 Å². The van der Waals surface area contributed by atoms with Crippen molar-refractivity contribution in [3.63, 3.8) is 0 Å². The number of carbonyl (C=O) groups is 2. The molecule has 0 saturated carbocycles. The highest BCUT2D eigenvalue weighted by atomic mass is 32.2. The molecule has 0 aliphatic heterocycles. The molecule has 4 nitrogen and oxygen atoms in total. The summed E-state index contributed by atoms with van der Waals surface area (Å²) in [5, 5.41) is 2.98. The van der Waals surface area contributed by atoms with Crippen LogP contribution in [0.5, 0.6) is 0 Å². The zero-order chi connectivity index (χ0) is 18.8. The van der Waals surface area contributed by atoms with Crippen LogP contribution in [0.2, 0.25) is 0 Å². The molecule has 26 heavy (non-hydrogen) atoms. The van der Waals surface area contributed by atoms with Gasteiger partial charge in [0.2, 0.25) is 5.91 Å². The van der Waals surface area contributed by atoms with Crippen molar-refractivity contribution in [1.82, 2.24) is 10.2 Å². The lowest BCUT2D eigenvalue weighted by Gasteiger charge is -2.12. The Morgan fingerprint density at radius 1 is 0.962 bits per heavy atom. The predicted octanol–water partition coefficient (Wildman–Crippen LogP) is 3.78. The SMILES string of the molecule is CN(C)C(=O)CSc1ccccc1C(=O)NCCCSc1ccccc1. The summed E-state index contributed by atoms with van der Waals surface area (Å²) in [6.45, 7) is 0.633. The topological polar surface area (TPSA) is 49.4 Å². The van der Waals surface area contributed by atoms with Crippen molar-refractivity contribution in [2.45, 2.75) is 16.2 Å². The van der Waals surface area contributed by atoms with Gasteiger partial charge in [-0.25, -0.2) is 0 Å². The van der Waals surface area contributed by atoms with Crippen LogP contribution in [0.1, 0.15) is 16.8 Å². The van der Waals surface area contributed by atoms with Crippen LogP contribution in [0, 0.1) is 0 Å². The van der Waals surface area contributed by atoms with Crippen LogP contribution in [-0.2, 0) is 4.79 Å². The van der Waals surface area contributed by atoms with E-state index in [9.17, 15) is 9.59 Å². The van der Waals surface area contributed by atoms with Gasteiger partial charge >= 0.3 is 0 Å². The molecule has 6 heteroatoms. The van der Waals surface area contributed by atoms with E-state index < -0.39 is 0 Å². The summed E-state index contributed by atoms with van der Waals surface area (Å²) in [4.78, 5) is 27.8. The van der Waals surface area contributed by atoms with E-state index in [-0.39, 0.29) is 11.8 Å². The molecule has 0 aromatic heterocycles. The zero-order valence-electron chi connectivity index (χ0n) is 15.1. The van der Waals surface area contributed by atoms with Crippen molar-refractivity contribution in [1.29, 1.82) is 0 Å². The monoisotopic (exact) mass is 388 g/mol. The van der Waals surface area contributed by atoms with Gasteiger partial charge in [0.25, 0.3) is 5.91 Å². The molecule has 0 radical (unpaired) electrons. The van der Waals surface area contributed by atoms with Crippen molar-refractivity contribution in [3.05, 3.63) is 60.2 Å². The second kappa shape index (κ2) is 10.9. The molecule has 2 amide bonds. The summed E-state index contributed by atoms with van der Waals surface area (Å²) in [7, 11) is 3.46. The minimum atomic E-state index is -0.0879. The number of benzene rings is 2. The lowest BCUT2D eigenvalue weighted by atomic mass is 10.2. The molecule has 0 spiro atoms. The van der Waals surface area contributed by atoms with E-state index in [1.54, 1.807) is 36.8 Å². The Kier molecular flexibility index (Phi) is 8.58. The van der Waals surface area contributed by atoms with Gasteiger partial charge in [-0.05, 0) is 36.4 Å². The fourth-order valence-electron chi connectivity index (χ4n) is 2.12. The van der Waals surface area contributed by atoms with Crippen LogP contribution < -0.4 is 5.32 Å². The Morgan fingerprint density at radius 2 is 1.65 bits per heavy atom. The fraction of sp³-hybridized carbons (Fsp3) is 0.300. The summed E-state index contributed by atoms with van der Waals surface area (Å²) in [5.74, 6) is 1.22. The van der Waals surface area contributed by atoms with Gasteiger partial charge in [0.05, 0.1) is 11.3 Å². The maximum absolute atomic E-state index is 12.5. The summed E-state index contributed by atoms with van der Waals surface area (Å²) in [6.07, 6.45) is 0.903. The minimum Gasteiger partial charge on any atom is -0.352 e. The summed E-state index contributed by atoms with van der Waals surface area (Å²) in [5.41, 5.74) is 0.625. The normalized spacial score (nSPS) is 10.4. The maximum Gasteiger partial charge on any atom is 0.252 e. The number of rotatable bonds is 9. The van der Waals surface area contributed by atoms with E-state index in [1.807, 2.05) is 36.4 Å². The summed E-state index contributed by atoms with van der Waals surface area (Å²) >= 11 is 3.18. The van der Waals surface area contributed by atoms with Gasteiger partial charge in [-0.2, -0.15) is 0 Å². The van der Waals surface area contributed by atoms with E-state index >= 15 is 0 Å². The van der Waals surface area contributed by atoms with Gasteiger partial charge in [-0.15, -0.1) is 23.5 Å². The zero-order valence-corrected chi connectivity index (χ0v) is 16.7. The van der Waals surface area contributed by atoms with Gasteiger partial charge in [0.15, 0.2) is 0 Å². The highest BCUT2D eigenvalue weighted by Crippen LogP contribution is 2.23. The average Bonchev–Trinajstić information content (AvgIpc) is 2.66. The van der Waals surface area contributed by atoms with Crippen molar-refractivity contribution >= 4 is 35.3 Å². The molecule has 1 N–H and O–H groups in total. The van der Waals surface area contributed by atoms with Crippen LogP contribution in [0.3, 0.4) is 0 Å². The van der Waals surface area contributed by atoms with Crippen LogP contribution in [0.25, 0.3) is 0 Å². The van der Waals surface area contributed by atoms with Crippen molar-refractivity contribution in [3.8, 4) is 0 Å². The van der Waals surface area contributed by atoms with E-state index in [0.29, 0.717) is 17.9 Å². The van der Waals surface area contributed by atoms with Crippen molar-refractivity contribution in [2.75, 3.05) is 32.1 Å². The molecule has 0 aliphatic carbocycles. The quantitative estimate of drug-likeness (QED) is 0.525. The van der Waals surface area contributed by atoms with Crippen LogP contribution in [0.4, 0.5) is 0 Å². The summed E-state index contributed by atoms with van der Waals surface area (Å²) < 4.78 is 0. The third-order valence-corrected chi connectivity index (χ3v) is 5.76. The Labute approximate surface area is 163 Å². The largest absolute Gasteiger partial charge is 0.352 e. The van der Waals surface area contributed by atoms with Gasteiger partial charge in [-0.3, -0.25) is 9.59 Å². The van der Waals surface area contributed by atoms with Gasteiger partial charge in [-0.1, -0.05) is 30.3 Å². The van der Waals surface area contributed by atoms with Crippen LogP contribution in [0.15, 0.2) is 64.4 Å². The number of hydrogen-bond acceptors (Lipinski definition) is 4. The first-order valence-electron chi connectivity index (χ1n) is 8.46. The van der Waals surface area contributed by atoms with Gasteiger partial charge in [0, 0.05) is 30.4 Å². The average molecular weight is 389 g/mol. The second-order valence-electron chi connectivity index (χ2n) is 5.84. The van der Waals surface area contributed by atoms with Gasteiger partial charge < -0.3 is 10.2 Å². The molecule has 0 bridgehead atoms. The standard InChI is InChI=1S/C20H24N2O2S2/c1-22(2)19(23)15-26-18-12-7-6-11-17(18)20(24)21-13-8-14-25-16-9-4-3-5-10-16/h3-7,9-12H,8,13-15H2,1-2H3,(H,21,24). The predicted molar refractivity (Wildman–Crippen MR) is 110 cm³/mol. The molecule has 0 fully saturated rings. The lowest BCUT2D eigenvalue weighted by molar-refractivity contribution is -0.125. The molecule has 2 rings (SSSR count). The molecule has 0 heterocycles. The van der Waals surface area contributed by atoms with Crippen molar-refractivity contribution < 1.29 is 9.59 Å². The number of carbonyl (C=O) groups excluding carboxylic acids is 2. The molecule has 0 saturated heterocycles. The first-order chi connectivity index (χ1) is 12.6. The molecule has 2 aromatic carbocycles. The number of nitrogens with one attached hydrogen (secondary N) is 1. The second-order valence-corrected chi connectivity index (χ2v) is 8.03. The van der Waals surface area contributed by atoms with E-state index in [0.717, 1.165) is 17.1 Å². The third-order valence-electron chi connectivity index (χ3n) is 3.60. The molecule has 138 valence electrons. The number of amides is 2. The van der Waals surface area contributed by atoms with E-state index in [2.05, 4.69) is 17.4 Å². The molecule has 2 aromatic rings. The Hall–Kier alpha value is -1.92. The minimum absolute atomic E-state index is 0.0307. The molecular weight excluding hydrogens is 364 g/mol. The third kappa shape index (κ3) is 6.77. The molecule has 0 atom stereocenters. The smallest absolute Gasteiger partial charge is 0.252 e. The molecular formula is C20H24N2O2S2. The summed E-state index contributed by atoms with van der Waals surface area (Å²) in [6, 6.07) is 17.7. The maximum atomic E-state index is 12.5.